The number of hydrogen-bond acceptors (Lipinski definition) is 3. The molecule has 1 aliphatic rings. The zero-order valence-corrected chi connectivity index (χ0v) is 8.89. The van der Waals surface area contributed by atoms with Gasteiger partial charge in [-0.2, -0.15) is 0 Å². The number of aliphatic hydroxyl groups excluding tert-OH is 1. The van der Waals surface area contributed by atoms with Crippen molar-refractivity contribution in [2.75, 3.05) is 6.56 Å². The number of aliphatic hydroxyl groups is 2. The molecule has 0 aliphatic carbocycles. The Morgan fingerprint density at radius 1 is 1.44 bits per heavy atom. The highest BCUT2D eigenvalue weighted by atomic mass is 16.6. The van der Waals surface area contributed by atoms with Crippen molar-refractivity contribution >= 4 is 0 Å². The van der Waals surface area contributed by atoms with E-state index >= 15 is 0 Å². The lowest BCUT2D eigenvalue weighted by Gasteiger charge is -2.11. The van der Waals surface area contributed by atoms with E-state index in [-0.39, 0.29) is 11.7 Å². The van der Waals surface area contributed by atoms with Crippen LogP contribution in [0.4, 0.5) is 0 Å². The first-order valence-electron chi connectivity index (χ1n) is 6.22. The molecule has 0 radical (unpaired) electrons. The molecule has 1 aromatic rings. The molecule has 86 valence electrons. The van der Waals surface area contributed by atoms with Gasteiger partial charge >= 0.3 is 0 Å². The molecular weight excluding hydrogens is 204 g/mol. The second-order valence-corrected chi connectivity index (χ2v) is 3.86. The van der Waals surface area contributed by atoms with E-state index in [1.807, 2.05) is 18.2 Å². The number of fused-ring (bicyclic) bond motifs is 1. The van der Waals surface area contributed by atoms with Gasteiger partial charge in [0.25, 0.3) is 0 Å². The summed E-state index contributed by atoms with van der Waals surface area (Å²) >= 11 is 0. The van der Waals surface area contributed by atoms with Crippen LogP contribution < -0.4 is 0 Å². The highest BCUT2D eigenvalue weighted by Gasteiger charge is 2.29. The largest absolute Gasteiger partial charge is 0.392 e. The molecule has 3 heteroatoms. The van der Waals surface area contributed by atoms with Crippen molar-refractivity contribution in [2.45, 2.75) is 25.2 Å². The highest BCUT2D eigenvalue weighted by Crippen LogP contribution is 2.40. The van der Waals surface area contributed by atoms with Gasteiger partial charge in [0.1, 0.15) is 0 Å². The summed E-state index contributed by atoms with van der Waals surface area (Å²) in [6, 6.07) is 7.39. The van der Waals surface area contributed by atoms with Gasteiger partial charge in [-0.3, -0.25) is 0 Å². The van der Waals surface area contributed by atoms with Crippen molar-refractivity contribution < 1.29 is 17.7 Å². The Bertz CT molecular complexity index is 454. The van der Waals surface area contributed by atoms with Crippen molar-refractivity contribution in [3.05, 3.63) is 47.5 Å². The van der Waals surface area contributed by atoms with Gasteiger partial charge in [0.2, 0.25) is 0 Å². The lowest BCUT2D eigenvalue weighted by atomic mass is 10.00. The van der Waals surface area contributed by atoms with Crippen LogP contribution in [0.1, 0.15) is 39.1 Å². The molecule has 0 saturated heterocycles. The Kier molecular flexibility index (Phi) is 2.67. The normalized spacial score (nSPS) is 25.9. The molecule has 2 rings (SSSR count). The lowest BCUT2D eigenvalue weighted by Crippen LogP contribution is -1.99. The zero-order chi connectivity index (χ0) is 13.3. The molecule has 0 spiro atoms. The van der Waals surface area contributed by atoms with E-state index < -0.39 is 12.8 Å². The summed E-state index contributed by atoms with van der Waals surface area (Å²) in [5, 5.41) is 18.9. The van der Waals surface area contributed by atoms with Gasteiger partial charge in [-0.15, -0.1) is 0 Å². The van der Waals surface area contributed by atoms with Crippen LogP contribution in [0.25, 0.3) is 0 Å². The molecule has 0 saturated carbocycles. The van der Waals surface area contributed by atoms with Crippen LogP contribution in [-0.4, -0.2) is 16.8 Å². The standard InChI is InChI=1S/C13H16O3/c1-9(8-14)6-7-12-10-4-2-3-5-11(10)13(15)16-12/h2-5,12-15H,1,6-8H2/i8D2. The molecule has 0 fully saturated rings. The van der Waals surface area contributed by atoms with Crippen molar-refractivity contribution in [1.82, 2.24) is 0 Å². The Hall–Kier alpha value is -1.16. The van der Waals surface area contributed by atoms with Crippen LogP contribution in [0.3, 0.4) is 0 Å². The molecule has 16 heavy (non-hydrogen) atoms. The maximum atomic E-state index is 9.71. The van der Waals surface area contributed by atoms with Crippen LogP contribution in [0.5, 0.6) is 0 Å². The molecule has 1 heterocycles. The van der Waals surface area contributed by atoms with Gasteiger partial charge in [-0.1, -0.05) is 36.4 Å². The van der Waals surface area contributed by atoms with E-state index in [0.717, 1.165) is 11.1 Å². The smallest absolute Gasteiger partial charge is 0.182 e. The van der Waals surface area contributed by atoms with Gasteiger partial charge in [0.15, 0.2) is 6.29 Å². The third kappa shape index (κ3) is 2.16. The van der Waals surface area contributed by atoms with Crippen LogP contribution in [0.15, 0.2) is 36.4 Å². The fraction of sp³-hybridized carbons (Fsp3) is 0.385. The summed E-state index contributed by atoms with van der Waals surface area (Å²) in [4.78, 5) is 0. The summed E-state index contributed by atoms with van der Waals surface area (Å²) in [6.07, 6.45) is -0.428. The molecule has 2 unspecified atom stereocenters. The van der Waals surface area contributed by atoms with Crippen molar-refractivity contribution in [3.63, 3.8) is 0 Å². The van der Waals surface area contributed by atoms with Gasteiger partial charge in [0.05, 0.1) is 15.4 Å². The number of ether oxygens (including phenoxy) is 1. The summed E-state index contributed by atoms with van der Waals surface area (Å²) in [5.41, 5.74) is 1.78. The minimum Gasteiger partial charge on any atom is -0.392 e. The molecule has 1 aliphatic heterocycles. The summed E-state index contributed by atoms with van der Waals surface area (Å²) in [7, 11) is 0. The number of benzene rings is 1. The highest BCUT2D eigenvalue weighted by molar-refractivity contribution is 5.33. The summed E-state index contributed by atoms with van der Waals surface area (Å²) < 4.78 is 19.7. The van der Waals surface area contributed by atoms with Gasteiger partial charge in [0, 0.05) is 5.56 Å². The fourth-order valence-electron chi connectivity index (χ4n) is 1.92. The first-order chi connectivity index (χ1) is 8.39. The quantitative estimate of drug-likeness (QED) is 0.767. The average molecular weight is 222 g/mol. The van der Waals surface area contributed by atoms with Crippen LogP contribution in [-0.2, 0) is 4.74 Å². The van der Waals surface area contributed by atoms with E-state index in [2.05, 4.69) is 6.58 Å². The third-order valence-corrected chi connectivity index (χ3v) is 2.77. The second kappa shape index (κ2) is 4.78. The molecule has 0 amide bonds. The van der Waals surface area contributed by atoms with E-state index in [0.29, 0.717) is 12.8 Å². The van der Waals surface area contributed by atoms with Gasteiger partial charge in [-0.05, 0) is 18.4 Å². The van der Waals surface area contributed by atoms with Crippen LogP contribution in [0, 0.1) is 0 Å². The minimum absolute atomic E-state index is 0.116. The average Bonchev–Trinajstić information content (AvgIpc) is 2.63. The molecule has 1 aromatic carbocycles. The van der Waals surface area contributed by atoms with Crippen molar-refractivity contribution in [2.24, 2.45) is 0 Å². The van der Waals surface area contributed by atoms with Crippen molar-refractivity contribution in [1.29, 1.82) is 0 Å². The van der Waals surface area contributed by atoms with Crippen LogP contribution in [0.2, 0.25) is 0 Å². The molecule has 0 aromatic heterocycles. The predicted molar refractivity (Wildman–Crippen MR) is 60.7 cm³/mol. The summed E-state index contributed by atoms with van der Waals surface area (Å²) in [6.45, 7) is 1.15. The molecular formula is C13H16O3. The predicted octanol–water partition coefficient (Wildman–Crippen LogP) is 2.08. The monoisotopic (exact) mass is 222 g/mol. The van der Waals surface area contributed by atoms with Crippen molar-refractivity contribution in [3.8, 4) is 0 Å². The lowest BCUT2D eigenvalue weighted by molar-refractivity contribution is -0.122. The third-order valence-electron chi connectivity index (χ3n) is 2.77. The van der Waals surface area contributed by atoms with E-state index in [1.165, 1.54) is 0 Å². The minimum atomic E-state index is -2.36. The Morgan fingerprint density at radius 3 is 2.81 bits per heavy atom. The Balaban J connectivity index is 2.03. The van der Waals surface area contributed by atoms with Crippen LogP contribution >= 0.6 is 0 Å². The SMILES string of the molecule is [2H]C([2H])(O)C(=C)CCC1OC(O)c2ccccc21. The van der Waals surface area contributed by atoms with E-state index in [1.54, 1.807) is 6.07 Å². The molecule has 2 N–H and O–H groups in total. The van der Waals surface area contributed by atoms with Gasteiger partial charge in [-0.25, -0.2) is 0 Å². The first-order valence-corrected chi connectivity index (χ1v) is 5.22. The topological polar surface area (TPSA) is 49.7 Å². The fourth-order valence-corrected chi connectivity index (χ4v) is 1.92. The zero-order valence-electron chi connectivity index (χ0n) is 10.9. The van der Waals surface area contributed by atoms with E-state index in [4.69, 9.17) is 12.6 Å². The molecule has 3 nitrogen and oxygen atoms in total. The molecule has 2 atom stereocenters. The molecule has 0 bridgehead atoms. The van der Waals surface area contributed by atoms with Gasteiger partial charge < -0.3 is 14.9 Å². The van der Waals surface area contributed by atoms with E-state index in [9.17, 15) is 5.11 Å². The Morgan fingerprint density at radius 2 is 2.12 bits per heavy atom. The maximum Gasteiger partial charge on any atom is 0.182 e. The summed E-state index contributed by atoms with van der Waals surface area (Å²) in [5.74, 6) is 0. The number of hydrogen-bond donors (Lipinski definition) is 2. The Labute approximate surface area is 97.8 Å². The number of rotatable bonds is 4. The maximum absolute atomic E-state index is 9.71. The second-order valence-electron chi connectivity index (χ2n) is 3.86. The first kappa shape index (κ1) is 8.93.